The van der Waals surface area contributed by atoms with E-state index in [0.29, 0.717) is 12.3 Å². The third-order valence-electron chi connectivity index (χ3n) is 3.34. The summed E-state index contributed by atoms with van der Waals surface area (Å²) >= 11 is 0. The molecule has 3 atom stereocenters. The standard InChI is InChI=1S/C14H17NO3/c1-9-7-11(9)13(16)15-12(14(17)18)8-10-5-3-2-4-6-10/h2-6,9,11-12H,7-8H2,1H3,(H,15,16)(H,17,18)/t9?,11?,12-/m1/s1. The summed E-state index contributed by atoms with van der Waals surface area (Å²) < 4.78 is 0. The molecule has 1 aromatic carbocycles. The quantitative estimate of drug-likeness (QED) is 0.827. The lowest BCUT2D eigenvalue weighted by Gasteiger charge is -2.14. The van der Waals surface area contributed by atoms with Gasteiger partial charge in [0, 0.05) is 12.3 Å². The molecule has 1 saturated carbocycles. The van der Waals surface area contributed by atoms with Crippen molar-refractivity contribution in [1.29, 1.82) is 0 Å². The Morgan fingerprint density at radius 1 is 1.39 bits per heavy atom. The largest absolute Gasteiger partial charge is 0.480 e. The predicted molar refractivity (Wildman–Crippen MR) is 67.0 cm³/mol. The maximum absolute atomic E-state index is 11.7. The van der Waals surface area contributed by atoms with E-state index in [1.54, 1.807) is 0 Å². The monoisotopic (exact) mass is 247 g/mol. The van der Waals surface area contributed by atoms with Crippen molar-refractivity contribution < 1.29 is 14.7 Å². The maximum Gasteiger partial charge on any atom is 0.326 e. The zero-order chi connectivity index (χ0) is 13.1. The van der Waals surface area contributed by atoms with Gasteiger partial charge in [0.1, 0.15) is 6.04 Å². The second-order valence-corrected chi connectivity index (χ2v) is 4.91. The number of carbonyl (C=O) groups excluding carboxylic acids is 1. The van der Waals surface area contributed by atoms with Gasteiger partial charge in [0.25, 0.3) is 0 Å². The average molecular weight is 247 g/mol. The van der Waals surface area contributed by atoms with Gasteiger partial charge in [-0.1, -0.05) is 37.3 Å². The molecule has 1 aliphatic carbocycles. The molecule has 0 spiro atoms. The Kier molecular flexibility index (Phi) is 3.65. The highest BCUT2D eigenvalue weighted by molar-refractivity contribution is 5.86. The van der Waals surface area contributed by atoms with Crippen LogP contribution in [-0.2, 0) is 16.0 Å². The van der Waals surface area contributed by atoms with Gasteiger partial charge >= 0.3 is 5.97 Å². The molecule has 2 unspecified atom stereocenters. The first-order valence-electron chi connectivity index (χ1n) is 6.15. The zero-order valence-corrected chi connectivity index (χ0v) is 10.3. The SMILES string of the molecule is CC1CC1C(=O)N[C@H](Cc1ccccc1)C(=O)O. The van der Waals surface area contributed by atoms with Crippen LogP contribution in [0.15, 0.2) is 30.3 Å². The Morgan fingerprint density at radius 2 is 2.00 bits per heavy atom. The lowest BCUT2D eigenvalue weighted by molar-refractivity contribution is -0.142. The molecule has 2 N–H and O–H groups in total. The Bertz CT molecular complexity index is 444. The zero-order valence-electron chi connectivity index (χ0n) is 10.3. The fourth-order valence-corrected chi connectivity index (χ4v) is 2.02. The first kappa shape index (κ1) is 12.6. The molecule has 18 heavy (non-hydrogen) atoms. The van der Waals surface area contributed by atoms with Crippen LogP contribution in [0.5, 0.6) is 0 Å². The molecular weight excluding hydrogens is 230 g/mol. The highest BCUT2D eigenvalue weighted by atomic mass is 16.4. The fourth-order valence-electron chi connectivity index (χ4n) is 2.02. The van der Waals surface area contributed by atoms with Crippen molar-refractivity contribution in [3.05, 3.63) is 35.9 Å². The van der Waals surface area contributed by atoms with Crippen molar-refractivity contribution in [3.8, 4) is 0 Å². The molecule has 1 amide bonds. The summed E-state index contributed by atoms with van der Waals surface area (Å²) in [6.45, 7) is 2.00. The van der Waals surface area contributed by atoms with Crippen molar-refractivity contribution in [3.63, 3.8) is 0 Å². The number of nitrogens with one attached hydrogen (secondary N) is 1. The normalized spacial score (nSPS) is 23.2. The van der Waals surface area contributed by atoms with Gasteiger partial charge < -0.3 is 10.4 Å². The molecule has 1 aliphatic rings. The summed E-state index contributed by atoms with van der Waals surface area (Å²) in [4.78, 5) is 22.9. The van der Waals surface area contributed by atoms with Gasteiger partial charge in [-0.15, -0.1) is 0 Å². The van der Waals surface area contributed by atoms with E-state index in [-0.39, 0.29) is 11.8 Å². The van der Waals surface area contributed by atoms with Crippen molar-refractivity contribution in [2.24, 2.45) is 11.8 Å². The molecule has 0 aromatic heterocycles. The summed E-state index contributed by atoms with van der Waals surface area (Å²) in [5.41, 5.74) is 0.911. The molecule has 0 aliphatic heterocycles. The van der Waals surface area contributed by atoms with Crippen LogP contribution in [0.25, 0.3) is 0 Å². The van der Waals surface area contributed by atoms with Gasteiger partial charge in [-0.3, -0.25) is 4.79 Å². The molecule has 0 heterocycles. The molecule has 0 bridgehead atoms. The van der Waals surface area contributed by atoms with Gasteiger partial charge in [0.05, 0.1) is 0 Å². The summed E-state index contributed by atoms with van der Waals surface area (Å²) in [6, 6.07) is 8.48. The summed E-state index contributed by atoms with van der Waals surface area (Å²) in [7, 11) is 0. The number of aliphatic carboxylic acids is 1. The molecule has 2 rings (SSSR count). The van der Waals surface area contributed by atoms with Crippen LogP contribution in [0, 0.1) is 11.8 Å². The molecule has 0 radical (unpaired) electrons. The van der Waals surface area contributed by atoms with Gasteiger partial charge in [-0.2, -0.15) is 0 Å². The van der Waals surface area contributed by atoms with E-state index in [4.69, 9.17) is 5.11 Å². The number of rotatable bonds is 5. The Hall–Kier alpha value is -1.84. The smallest absolute Gasteiger partial charge is 0.326 e. The van der Waals surface area contributed by atoms with Gasteiger partial charge in [0.2, 0.25) is 5.91 Å². The molecule has 1 fully saturated rings. The van der Waals surface area contributed by atoms with Gasteiger partial charge in [0.15, 0.2) is 0 Å². The minimum atomic E-state index is -0.986. The Balaban J connectivity index is 1.96. The summed E-state index contributed by atoms with van der Waals surface area (Å²) in [6.07, 6.45) is 1.19. The number of carbonyl (C=O) groups is 2. The third-order valence-corrected chi connectivity index (χ3v) is 3.34. The summed E-state index contributed by atoms with van der Waals surface area (Å²) in [5.74, 6) is -0.731. The van der Waals surface area contributed by atoms with Crippen molar-refractivity contribution in [1.82, 2.24) is 5.32 Å². The van der Waals surface area contributed by atoms with Crippen LogP contribution in [-0.4, -0.2) is 23.0 Å². The van der Waals surface area contributed by atoms with Crippen LogP contribution < -0.4 is 5.32 Å². The minimum absolute atomic E-state index is 0.00243. The van der Waals surface area contributed by atoms with E-state index in [1.807, 2.05) is 37.3 Å². The number of hydrogen-bond donors (Lipinski definition) is 2. The number of benzene rings is 1. The predicted octanol–water partition coefficient (Wildman–Crippen LogP) is 1.45. The van der Waals surface area contributed by atoms with E-state index in [0.717, 1.165) is 12.0 Å². The molecular formula is C14H17NO3. The Labute approximate surface area is 106 Å². The van der Waals surface area contributed by atoms with Crippen LogP contribution in [0.3, 0.4) is 0 Å². The van der Waals surface area contributed by atoms with E-state index >= 15 is 0 Å². The maximum atomic E-state index is 11.7. The molecule has 4 nitrogen and oxygen atoms in total. The van der Waals surface area contributed by atoms with Gasteiger partial charge in [-0.25, -0.2) is 4.79 Å². The second-order valence-electron chi connectivity index (χ2n) is 4.91. The van der Waals surface area contributed by atoms with Crippen LogP contribution >= 0.6 is 0 Å². The fraction of sp³-hybridized carbons (Fsp3) is 0.429. The Morgan fingerprint density at radius 3 is 2.50 bits per heavy atom. The minimum Gasteiger partial charge on any atom is -0.480 e. The summed E-state index contributed by atoms with van der Waals surface area (Å²) in [5, 5.41) is 11.8. The second kappa shape index (κ2) is 5.21. The van der Waals surface area contributed by atoms with Crippen LogP contribution in [0.4, 0.5) is 0 Å². The average Bonchev–Trinajstić information content (AvgIpc) is 3.07. The number of amides is 1. The third kappa shape index (κ3) is 3.09. The highest BCUT2D eigenvalue weighted by Gasteiger charge is 2.40. The van der Waals surface area contributed by atoms with Crippen molar-refractivity contribution in [2.75, 3.05) is 0 Å². The van der Waals surface area contributed by atoms with E-state index in [1.165, 1.54) is 0 Å². The van der Waals surface area contributed by atoms with Crippen molar-refractivity contribution in [2.45, 2.75) is 25.8 Å². The molecule has 0 saturated heterocycles. The first-order chi connectivity index (χ1) is 8.58. The molecule has 96 valence electrons. The molecule has 1 aromatic rings. The van der Waals surface area contributed by atoms with E-state index in [9.17, 15) is 9.59 Å². The van der Waals surface area contributed by atoms with E-state index in [2.05, 4.69) is 5.32 Å². The number of carboxylic acids is 1. The lowest BCUT2D eigenvalue weighted by atomic mass is 10.1. The van der Waals surface area contributed by atoms with Crippen molar-refractivity contribution >= 4 is 11.9 Å². The number of hydrogen-bond acceptors (Lipinski definition) is 2. The first-order valence-corrected chi connectivity index (χ1v) is 6.15. The van der Waals surface area contributed by atoms with Crippen LogP contribution in [0.1, 0.15) is 18.9 Å². The van der Waals surface area contributed by atoms with E-state index < -0.39 is 12.0 Å². The lowest BCUT2D eigenvalue weighted by Crippen LogP contribution is -2.43. The number of carboxylic acid groups (broad SMARTS) is 1. The molecule has 4 heteroatoms. The topological polar surface area (TPSA) is 66.4 Å². The van der Waals surface area contributed by atoms with Crippen LogP contribution in [0.2, 0.25) is 0 Å². The highest BCUT2D eigenvalue weighted by Crippen LogP contribution is 2.37. The van der Waals surface area contributed by atoms with Gasteiger partial charge in [-0.05, 0) is 17.9 Å².